The van der Waals surface area contributed by atoms with E-state index in [1.165, 1.54) is 7.11 Å². The molecule has 1 N–H and O–H groups in total. The van der Waals surface area contributed by atoms with Crippen LogP contribution in [-0.4, -0.2) is 23.8 Å². The third-order valence-corrected chi connectivity index (χ3v) is 3.99. The van der Waals surface area contributed by atoms with Crippen molar-refractivity contribution in [1.29, 1.82) is 0 Å². The Hall–Kier alpha value is -2.12. The molecule has 0 saturated heterocycles. The summed E-state index contributed by atoms with van der Waals surface area (Å²) in [4.78, 5) is 12.6. The Morgan fingerprint density at radius 2 is 2.00 bits per heavy atom. The second-order valence-corrected chi connectivity index (χ2v) is 5.36. The number of ether oxygens (including phenoxy) is 1. The molecule has 0 aliphatic rings. The van der Waals surface area contributed by atoms with E-state index in [1.807, 2.05) is 30.3 Å². The second-order valence-electron chi connectivity index (χ2n) is 5.07. The fraction of sp³-hybridized carbons (Fsp3) is 0.222. The molecule has 0 aromatic heterocycles. The van der Waals surface area contributed by atoms with Gasteiger partial charge >= 0.3 is 0 Å². The van der Waals surface area contributed by atoms with Crippen molar-refractivity contribution in [3.63, 3.8) is 0 Å². The zero-order valence-electron chi connectivity index (χ0n) is 12.7. The van der Waals surface area contributed by atoms with E-state index in [4.69, 9.17) is 4.74 Å². The number of phenols is 1. The Morgan fingerprint density at radius 3 is 2.59 bits per heavy atom. The van der Waals surface area contributed by atoms with Gasteiger partial charge in [0, 0.05) is 17.5 Å². The lowest BCUT2D eigenvalue weighted by Gasteiger charge is -2.14. The van der Waals surface area contributed by atoms with Gasteiger partial charge in [-0.15, -0.1) is 8.86 Å². The number of Topliss-reactive ketones (excluding diaryl/α,β-unsaturated/α-hetero) is 1. The number of hydrogen-bond acceptors (Lipinski definition) is 3. The van der Waals surface area contributed by atoms with E-state index in [9.17, 15) is 9.90 Å². The number of ketones is 1. The maximum absolute atomic E-state index is 12.6. The summed E-state index contributed by atoms with van der Waals surface area (Å²) in [6.07, 6.45) is 1.07. The number of benzene rings is 2. The SMILES string of the molecule is COc1cc(C=P)c(C(=O)CCc2ccccc2)c(C)c1O. The maximum Gasteiger partial charge on any atom is 0.164 e. The molecule has 0 spiro atoms. The van der Waals surface area contributed by atoms with Crippen LogP contribution in [0.15, 0.2) is 36.4 Å². The van der Waals surface area contributed by atoms with Gasteiger partial charge in [0.15, 0.2) is 17.3 Å². The first-order valence-corrected chi connectivity index (χ1v) is 7.64. The lowest BCUT2D eigenvalue weighted by Crippen LogP contribution is -2.08. The van der Waals surface area contributed by atoms with E-state index in [2.05, 4.69) is 8.86 Å². The van der Waals surface area contributed by atoms with Gasteiger partial charge in [0.1, 0.15) is 0 Å². The lowest BCUT2D eigenvalue weighted by molar-refractivity contribution is 0.0981. The maximum atomic E-state index is 12.6. The van der Waals surface area contributed by atoms with Gasteiger partial charge in [-0.25, -0.2) is 0 Å². The van der Waals surface area contributed by atoms with Crippen LogP contribution < -0.4 is 4.74 Å². The molecule has 2 aromatic carbocycles. The third kappa shape index (κ3) is 3.37. The van der Waals surface area contributed by atoms with Crippen LogP contribution in [0.2, 0.25) is 0 Å². The Bertz CT molecular complexity index is 693. The van der Waals surface area contributed by atoms with Gasteiger partial charge in [-0.05, 0) is 36.3 Å². The first-order chi connectivity index (χ1) is 10.6. The molecule has 0 atom stereocenters. The summed E-state index contributed by atoms with van der Waals surface area (Å²) in [5, 5.41) is 10.1. The molecule has 0 amide bonds. The smallest absolute Gasteiger partial charge is 0.164 e. The van der Waals surface area contributed by atoms with Gasteiger partial charge in [0.05, 0.1) is 7.11 Å². The predicted molar refractivity (Wildman–Crippen MR) is 92.0 cm³/mol. The number of rotatable bonds is 6. The van der Waals surface area contributed by atoms with Crippen molar-refractivity contribution in [3.8, 4) is 11.5 Å². The van der Waals surface area contributed by atoms with Crippen LogP contribution in [0.25, 0.3) is 0 Å². The molecule has 22 heavy (non-hydrogen) atoms. The molecule has 3 nitrogen and oxygen atoms in total. The van der Waals surface area contributed by atoms with Gasteiger partial charge in [-0.1, -0.05) is 30.3 Å². The summed E-state index contributed by atoms with van der Waals surface area (Å²) >= 11 is 0. The lowest BCUT2D eigenvalue weighted by atomic mass is 9.94. The number of phenolic OH excluding ortho intramolecular Hbond substituents is 1. The van der Waals surface area contributed by atoms with Crippen LogP contribution in [0.1, 0.15) is 33.5 Å². The number of carbonyl (C=O) groups is 1. The van der Waals surface area contributed by atoms with Gasteiger partial charge in [0.25, 0.3) is 0 Å². The number of hydrogen-bond donors (Lipinski definition) is 1. The molecule has 0 bridgehead atoms. The normalized spacial score (nSPS) is 10.3. The van der Waals surface area contributed by atoms with Crippen LogP contribution in [0.4, 0.5) is 0 Å². The largest absolute Gasteiger partial charge is 0.504 e. The monoisotopic (exact) mass is 314 g/mol. The molecule has 2 aromatic rings. The Morgan fingerprint density at radius 1 is 1.32 bits per heavy atom. The van der Waals surface area contributed by atoms with Crippen LogP contribution in [0.3, 0.4) is 0 Å². The molecule has 0 unspecified atom stereocenters. The second kappa shape index (κ2) is 7.24. The van der Waals surface area contributed by atoms with Gasteiger partial charge in [0.2, 0.25) is 0 Å². The van der Waals surface area contributed by atoms with Crippen LogP contribution in [-0.2, 0) is 6.42 Å². The topological polar surface area (TPSA) is 46.5 Å². The summed E-state index contributed by atoms with van der Waals surface area (Å²) in [5.41, 5.74) is 2.91. The van der Waals surface area contributed by atoms with Gasteiger partial charge in [-0.3, -0.25) is 4.79 Å². The van der Waals surface area contributed by atoms with E-state index >= 15 is 0 Å². The Labute approximate surface area is 132 Å². The Balaban J connectivity index is 2.29. The minimum absolute atomic E-state index is 0.00352. The fourth-order valence-corrected chi connectivity index (χ4v) is 2.70. The van der Waals surface area contributed by atoms with Gasteiger partial charge < -0.3 is 9.84 Å². The van der Waals surface area contributed by atoms with Crippen LogP contribution in [0.5, 0.6) is 11.5 Å². The quantitative estimate of drug-likeness (QED) is 0.651. The number of methoxy groups -OCH3 is 1. The summed E-state index contributed by atoms with van der Waals surface area (Å²) < 4.78 is 5.13. The molecule has 114 valence electrons. The third-order valence-electron chi connectivity index (χ3n) is 3.68. The fourth-order valence-electron chi connectivity index (χ4n) is 2.47. The molecular formula is C18H19O3P. The average molecular weight is 314 g/mol. The summed E-state index contributed by atoms with van der Waals surface area (Å²) in [6.45, 7) is 1.73. The minimum atomic E-state index is 0.00352. The van der Waals surface area contributed by atoms with Crippen LogP contribution in [0, 0.1) is 6.92 Å². The molecule has 0 heterocycles. The molecule has 2 rings (SSSR count). The predicted octanol–water partition coefficient (Wildman–Crippen LogP) is 3.82. The van der Waals surface area contributed by atoms with Crippen molar-refractivity contribution in [2.45, 2.75) is 19.8 Å². The zero-order chi connectivity index (χ0) is 16.1. The standard InChI is InChI=1S/C18H19O3P/c1-12-17(14(11-22)10-16(21-2)18(12)20)15(19)9-8-13-6-4-3-5-7-13/h3-7,10-11,20,22H,8-9H2,1-2H3. The summed E-state index contributed by atoms with van der Waals surface area (Å²) in [5.74, 6) is 2.05. The van der Waals surface area contributed by atoms with Crippen molar-refractivity contribution < 1.29 is 14.6 Å². The molecule has 0 aliphatic heterocycles. The van der Waals surface area contributed by atoms with Crippen LogP contribution >= 0.6 is 8.86 Å². The molecule has 0 radical (unpaired) electrons. The Kier molecular flexibility index (Phi) is 5.35. The van der Waals surface area contributed by atoms with E-state index in [0.29, 0.717) is 35.3 Å². The summed E-state index contributed by atoms with van der Waals surface area (Å²) in [6, 6.07) is 11.5. The molecule has 4 heteroatoms. The van der Waals surface area contributed by atoms with Crippen molar-refractivity contribution in [1.82, 2.24) is 0 Å². The first kappa shape index (κ1) is 16.3. The van der Waals surface area contributed by atoms with Crippen molar-refractivity contribution in [3.05, 3.63) is 58.7 Å². The highest BCUT2D eigenvalue weighted by molar-refractivity contribution is 7.19. The average Bonchev–Trinajstić information content (AvgIpc) is 2.55. The zero-order valence-corrected chi connectivity index (χ0v) is 13.7. The summed E-state index contributed by atoms with van der Waals surface area (Å²) in [7, 11) is 4.82. The van der Waals surface area contributed by atoms with Crippen molar-refractivity contribution in [2.75, 3.05) is 7.11 Å². The van der Waals surface area contributed by atoms with E-state index < -0.39 is 0 Å². The number of aryl methyl sites for hydroxylation is 1. The van der Waals surface area contributed by atoms with Crippen molar-refractivity contribution >= 4 is 20.4 Å². The molecule has 0 aliphatic carbocycles. The number of aromatic hydroxyl groups is 1. The number of carbonyl (C=O) groups excluding carboxylic acids is 1. The molecule has 0 fully saturated rings. The first-order valence-electron chi connectivity index (χ1n) is 7.06. The van der Waals surface area contributed by atoms with E-state index in [-0.39, 0.29) is 11.5 Å². The highest BCUT2D eigenvalue weighted by Crippen LogP contribution is 2.34. The van der Waals surface area contributed by atoms with Gasteiger partial charge in [-0.2, -0.15) is 0 Å². The minimum Gasteiger partial charge on any atom is -0.504 e. The highest BCUT2D eigenvalue weighted by Gasteiger charge is 2.19. The van der Waals surface area contributed by atoms with E-state index in [0.717, 1.165) is 5.56 Å². The molecule has 0 saturated carbocycles. The highest BCUT2D eigenvalue weighted by atomic mass is 31.0. The van der Waals surface area contributed by atoms with E-state index in [1.54, 1.807) is 18.8 Å². The van der Waals surface area contributed by atoms with Crippen molar-refractivity contribution in [2.24, 2.45) is 0 Å². The molecular weight excluding hydrogens is 295 g/mol.